The Bertz CT molecular complexity index is 75.9. The van der Waals surface area contributed by atoms with Gasteiger partial charge in [-0.15, -0.1) is 11.8 Å². The van der Waals surface area contributed by atoms with E-state index in [-0.39, 0.29) is 6.61 Å². The first-order chi connectivity index (χ1) is 3.41. The van der Waals surface area contributed by atoms with Gasteiger partial charge in [-0.25, -0.2) is 0 Å². The van der Waals surface area contributed by atoms with Gasteiger partial charge in [-0.2, -0.15) is 0 Å². The van der Waals surface area contributed by atoms with Gasteiger partial charge in [0.15, 0.2) is 0 Å². The molecule has 0 heterocycles. The van der Waals surface area contributed by atoms with Crippen LogP contribution >= 0.6 is 0 Å². The molecule has 0 amide bonds. The van der Waals surface area contributed by atoms with E-state index in [0.29, 0.717) is 0 Å². The molecule has 0 aliphatic rings. The summed E-state index contributed by atoms with van der Waals surface area (Å²) < 4.78 is 0. The van der Waals surface area contributed by atoms with Crippen LogP contribution in [-0.4, -0.2) is 6.61 Å². The second kappa shape index (κ2) is 5.39. The summed E-state index contributed by atoms with van der Waals surface area (Å²) in [6, 6.07) is 0. The van der Waals surface area contributed by atoms with Crippen molar-refractivity contribution in [1.82, 2.24) is 0 Å². The number of unbranched alkanes of at least 4 members (excludes halogenated alkanes) is 1. The van der Waals surface area contributed by atoms with Crippen LogP contribution in [0.1, 0.15) is 12.8 Å². The van der Waals surface area contributed by atoms with Gasteiger partial charge >= 0.3 is 0 Å². The highest BCUT2D eigenvalue weighted by Crippen LogP contribution is 1.78. The summed E-state index contributed by atoms with van der Waals surface area (Å²) in [7, 11) is 0. The predicted octanol–water partition coefficient (Wildman–Crippen LogP) is -0.0356. The van der Waals surface area contributed by atoms with E-state index in [2.05, 4.69) is 18.8 Å². The van der Waals surface area contributed by atoms with Gasteiger partial charge < -0.3 is 5.11 Å². The summed E-state index contributed by atoms with van der Waals surface area (Å²) in [6.07, 6.45) is 1.55. The van der Waals surface area contributed by atoms with Gasteiger partial charge in [0, 0.05) is 6.42 Å². The fourth-order valence-electron chi connectivity index (χ4n) is 0.228. The molecule has 0 fully saturated rings. The van der Waals surface area contributed by atoms with Crippen LogP contribution in [-0.2, 0) is 0 Å². The van der Waals surface area contributed by atoms with Crippen molar-refractivity contribution in [2.45, 2.75) is 12.8 Å². The molecular weight excluding hydrogens is 88.1 g/mol. The average molecular weight is 96.1 g/mol. The smallest absolute Gasteiger partial charge is 0.0959 e. The Morgan fingerprint density at radius 2 is 2.14 bits per heavy atom. The van der Waals surface area contributed by atoms with Crippen molar-refractivity contribution >= 4 is 0 Å². The van der Waals surface area contributed by atoms with Crippen LogP contribution in [0.5, 0.6) is 0 Å². The highest BCUT2D eigenvalue weighted by molar-refractivity contribution is 4.97. The minimum Gasteiger partial charge on any atom is -0.845 e. The zero-order valence-electron chi connectivity index (χ0n) is 4.24. The van der Waals surface area contributed by atoms with Crippen molar-refractivity contribution in [3.05, 3.63) is 6.92 Å². The Morgan fingerprint density at radius 1 is 1.43 bits per heavy atom. The first kappa shape index (κ1) is 6.39. The van der Waals surface area contributed by atoms with Crippen molar-refractivity contribution in [3.8, 4) is 11.8 Å². The average Bonchev–Trinajstić information content (AvgIpc) is 1.69. The van der Waals surface area contributed by atoms with Crippen molar-refractivity contribution in [2.75, 3.05) is 6.61 Å². The molecule has 0 N–H and O–H groups in total. The summed E-state index contributed by atoms with van der Waals surface area (Å²) in [5.74, 6) is 5.06. The quantitative estimate of drug-likeness (QED) is 0.332. The number of rotatable bonds is 1. The molecule has 0 atom stereocenters. The molecule has 1 heteroatoms. The van der Waals surface area contributed by atoms with E-state index in [9.17, 15) is 5.11 Å². The molecule has 0 saturated heterocycles. The molecule has 0 aromatic heterocycles. The molecule has 0 aromatic carbocycles. The fraction of sp³-hybridized carbons (Fsp3) is 0.500. The maximum Gasteiger partial charge on any atom is 0.0959 e. The summed E-state index contributed by atoms with van der Waals surface area (Å²) >= 11 is 0. The standard InChI is InChI=1S/C6H8O/c1-2-3-4-5-6-7/h1-3,6H2. The van der Waals surface area contributed by atoms with Gasteiger partial charge in [-0.05, 0) is 0 Å². The molecule has 0 aliphatic carbocycles. The van der Waals surface area contributed by atoms with Crippen molar-refractivity contribution in [3.63, 3.8) is 0 Å². The summed E-state index contributed by atoms with van der Waals surface area (Å²) in [6.45, 7) is 3.28. The predicted molar refractivity (Wildman–Crippen MR) is 27.2 cm³/mol. The molecule has 1 nitrogen and oxygen atoms in total. The van der Waals surface area contributed by atoms with E-state index < -0.39 is 0 Å². The number of hydrogen-bond donors (Lipinski definition) is 0. The van der Waals surface area contributed by atoms with E-state index in [1.54, 1.807) is 0 Å². The maximum absolute atomic E-state index is 9.61. The maximum atomic E-state index is 9.61. The highest BCUT2D eigenvalue weighted by atomic mass is 16.2. The fourth-order valence-corrected chi connectivity index (χ4v) is 0.228. The lowest BCUT2D eigenvalue weighted by Crippen LogP contribution is -2.00. The first-order valence-electron chi connectivity index (χ1n) is 2.25. The molecule has 0 spiro atoms. The molecule has 0 rings (SSSR count). The molecule has 0 aliphatic heterocycles. The lowest BCUT2D eigenvalue weighted by molar-refractivity contribution is -0.349. The van der Waals surface area contributed by atoms with E-state index in [1.807, 2.05) is 0 Å². The monoisotopic (exact) mass is 96.1 g/mol. The lowest BCUT2D eigenvalue weighted by Gasteiger charge is -1.83. The van der Waals surface area contributed by atoms with Crippen LogP contribution in [0.3, 0.4) is 0 Å². The van der Waals surface area contributed by atoms with Crippen LogP contribution in [0, 0.1) is 18.8 Å². The number of hydrogen-bond acceptors (Lipinski definition) is 1. The van der Waals surface area contributed by atoms with Crippen LogP contribution < -0.4 is 5.11 Å². The summed E-state index contributed by atoms with van der Waals surface area (Å²) in [4.78, 5) is 0. The van der Waals surface area contributed by atoms with Crippen LogP contribution in [0.25, 0.3) is 0 Å². The molecule has 0 bridgehead atoms. The van der Waals surface area contributed by atoms with Gasteiger partial charge in [0.1, 0.15) is 0 Å². The van der Waals surface area contributed by atoms with Crippen LogP contribution in [0.2, 0.25) is 0 Å². The molecule has 7 heavy (non-hydrogen) atoms. The SMILES string of the molecule is [CH2+]CCC#CC[O-]. The van der Waals surface area contributed by atoms with Gasteiger partial charge in [-0.3, -0.25) is 0 Å². The molecular formula is C6H8O. The second-order valence-corrected chi connectivity index (χ2v) is 1.10. The first-order valence-corrected chi connectivity index (χ1v) is 2.25. The van der Waals surface area contributed by atoms with Crippen molar-refractivity contribution in [1.29, 1.82) is 0 Å². The van der Waals surface area contributed by atoms with Crippen LogP contribution in [0.4, 0.5) is 0 Å². The Labute approximate surface area is 44.4 Å². The van der Waals surface area contributed by atoms with E-state index in [1.165, 1.54) is 0 Å². The van der Waals surface area contributed by atoms with E-state index >= 15 is 0 Å². The third-order valence-corrected chi connectivity index (χ3v) is 0.499. The van der Waals surface area contributed by atoms with E-state index in [4.69, 9.17) is 0 Å². The zero-order valence-corrected chi connectivity index (χ0v) is 4.24. The largest absolute Gasteiger partial charge is 0.845 e. The molecule has 0 radical (unpaired) electrons. The topological polar surface area (TPSA) is 23.1 Å². The molecule has 0 aromatic rings. The minimum atomic E-state index is -0.278. The molecule has 0 saturated carbocycles. The lowest BCUT2D eigenvalue weighted by atomic mass is 10.3. The van der Waals surface area contributed by atoms with Gasteiger partial charge in [0.25, 0.3) is 0 Å². The Balaban J connectivity index is 2.91. The normalized spacial score (nSPS) is 7.00. The second-order valence-electron chi connectivity index (χ2n) is 1.10. The Morgan fingerprint density at radius 3 is 2.57 bits per heavy atom. The molecule has 38 valence electrons. The summed E-state index contributed by atoms with van der Waals surface area (Å²) in [5.41, 5.74) is 0. The third kappa shape index (κ3) is 5.39. The summed E-state index contributed by atoms with van der Waals surface area (Å²) in [5, 5.41) is 9.61. The van der Waals surface area contributed by atoms with E-state index in [0.717, 1.165) is 12.8 Å². The Hall–Kier alpha value is -0.610. The minimum absolute atomic E-state index is 0.278. The van der Waals surface area contributed by atoms with Gasteiger partial charge in [0.05, 0.1) is 13.3 Å². The van der Waals surface area contributed by atoms with Crippen molar-refractivity contribution in [2.24, 2.45) is 0 Å². The van der Waals surface area contributed by atoms with Crippen molar-refractivity contribution < 1.29 is 5.11 Å². The molecule has 0 unspecified atom stereocenters. The van der Waals surface area contributed by atoms with Crippen LogP contribution in [0.15, 0.2) is 0 Å². The van der Waals surface area contributed by atoms with Gasteiger partial charge in [0.2, 0.25) is 0 Å². The van der Waals surface area contributed by atoms with Gasteiger partial charge in [-0.1, -0.05) is 6.61 Å². The third-order valence-electron chi connectivity index (χ3n) is 0.499. The Kier molecular flexibility index (Phi) is 4.92. The zero-order chi connectivity index (χ0) is 5.54. The highest BCUT2D eigenvalue weighted by Gasteiger charge is 1.71.